The van der Waals surface area contributed by atoms with Crippen LogP contribution < -0.4 is 14.8 Å². The van der Waals surface area contributed by atoms with Crippen molar-refractivity contribution in [2.45, 2.75) is 20.4 Å². The van der Waals surface area contributed by atoms with E-state index >= 15 is 0 Å². The number of rotatable bonds is 6. The van der Waals surface area contributed by atoms with Gasteiger partial charge in [-0.2, -0.15) is 5.10 Å². The number of hydrogen-bond acceptors (Lipinski definition) is 4. The SMILES string of the molecule is COc1ccc(C(=O)Nc2c(C)nn(Cc3cccc(Cl)c3)c2C)c(OC)c1. The Kier molecular flexibility index (Phi) is 5.90. The normalized spacial score (nSPS) is 10.6. The fraction of sp³-hybridized carbons (Fsp3) is 0.238. The Morgan fingerprint density at radius 3 is 2.61 bits per heavy atom. The first-order valence-electron chi connectivity index (χ1n) is 8.74. The van der Waals surface area contributed by atoms with Gasteiger partial charge in [0.25, 0.3) is 5.91 Å². The Hall–Kier alpha value is -2.99. The topological polar surface area (TPSA) is 65.4 Å². The van der Waals surface area contributed by atoms with Gasteiger partial charge >= 0.3 is 0 Å². The van der Waals surface area contributed by atoms with Crippen molar-refractivity contribution in [2.24, 2.45) is 0 Å². The maximum Gasteiger partial charge on any atom is 0.259 e. The number of nitrogens with zero attached hydrogens (tertiary/aromatic N) is 2. The molecule has 0 aliphatic rings. The van der Waals surface area contributed by atoms with Crippen molar-refractivity contribution < 1.29 is 14.3 Å². The van der Waals surface area contributed by atoms with E-state index in [2.05, 4.69) is 10.4 Å². The highest BCUT2D eigenvalue weighted by molar-refractivity contribution is 6.30. The number of amides is 1. The predicted molar refractivity (Wildman–Crippen MR) is 110 cm³/mol. The molecule has 2 aromatic carbocycles. The average molecular weight is 400 g/mol. The summed E-state index contributed by atoms with van der Waals surface area (Å²) < 4.78 is 12.4. The van der Waals surface area contributed by atoms with Gasteiger partial charge in [0.1, 0.15) is 11.5 Å². The fourth-order valence-corrected chi connectivity index (χ4v) is 3.22. The van der Waals surface area contributed by atoms with E-state index in [0.717, 1.165) is 17.0 Å². The second-order valence-electron chi connectivity index (χ2n) is 6.35. The molecule has 3 aromatic rings. The molecule has 146 valence electrons. The van der Waals surface area contributed by atoms with Gasteiger partial charge in [-0.1, -0.05) is 23.7 Å². The lowest BCUT2D eigenvalue weighted by Gasteiger charge is -2.11. The number of hydrogen-bond donors (Lipinski definition) is 1. The van der Waals surface area contributed by atoms with E-state index < -0.39 is 0 Å². The minimum Gasteiger partial charge on any atom is -0.497 e. The van der Waals surface area contributed by atoms with Crippen molar-refractivity contribution in [3.8, 4) is 11.5 Å². The smallest absolute Gasteiger partial charge is 0.259 e. The van der Waals surface area contributed by atoms with E-state index in [1.165, 1.54) is 7.11 Å². The largest absolute Gasteiger partial charge is 0.497 e. The molecule has 0 saturated carbocycles. The van der Waals surface area contributed by atoms with E-state index in [0.29, 0.717) is 34.3 Å². The molecule has 0 spiro atoms. The molecule has 0 bridgehead atoms. The number of ether oxygens (including phenoxy) is 2. The molecule has 0 fully saturated rings. The lowest BCUT2D eigenvalue weighted by atomic mass is 10.1. The number of aromatic nitrogens is 2. The zero-order valence-corrected chi connectivity index (χ0v) is 17.0. The molecule has 0 aliphatic carbocycles. The Balaban J connectivity index is 1.85. The van der Waals surface area contributed by atoms with E-state index in [9.17, 15) is 4.79 Å². The molecule has 0 unspecified atom stereocenters. The average Bonchev–Trinajstić information content (AvgIpc) is 2.94. The monoisotopic (exact) mass is 399 g/mol. The molecule has 1 aromatic heterocycles. The molecule has 3 rings (SSSR count). The molecule has 28 heavy (non-hydrogen) atoms. The van der Waals surface area contributed by atoms with Crippen LogP contribution in [-0.4, -0.2) is 29.9 Å². The summed E-state index contributed by atoms with van der Waals surface area (Å²) in [4.78, 5) is 12.8. The van der Waals surface area contributed by atoms with Gasteiger partial charge in [0.15, 0.2) is 0 Å². The molecule has 0 atom stereocenters. The second kappa shape index (κ2) is 8.35. The number of carbonyl (C=O) groups excluding carboxylic acids is 1. The third-order valence-corrected chi connectivity index (χ3v) is 4.73. The van der Waals surface area contributed by atoms with Crippen LogP contribution in [0.15, 0.2) is 42.5 Å². The van der Waals surface area contributed by atoms with Crippen LogP contribution in [0.25, 0.3) is 0 Å². The van der Waals surface area contributed by atoms with Crippen LogP contribution in [0.4, 0.5) is 5.69 Å². The van der Waals surface area contributed by atoms with Gasteiger partial charge in [-0.25, -0.2) is 0 Å². The van der Waals surface area contributed by atoms with Crippen molar-refractivity contribution in [3.63, 3.8) is 0 Å². The summed E-state index contributed by atoms with van der Waals surface area (Å²) in [5, 5.41) is 8.19. The molecular formula is C21H22ClN3O3. The Labute approximate surface area is 169 Å². The number of carbonyl (C=O) groups is 1. The quantitative estimate of drug-likeness (QED) is 0.664. The molecule has 0 saturated heterocycles. The minimum atomic E-state index is -0.270. The van der Waals surface area contributed by atoms with Gasteiger partial charge in [-0.05, 0) is 43.7 Å². The lowest BCUT2D eigenvalue weighted by Crippen LogP contribution is -2.14. The van der Waals surface area contributed by atoms with Crippen molar-refractivity contribution >= 4 is 23.2 Å². The second-order valence-corrected chi connectivity index (χ2v) is 6.79. The molecule has 1 N–H and O–H groups in total. The van der Waals surface area contributed by atoms with Crippen LogP contribution in [0.1, 0.15) is 27.3 Å². The highest BCUT2D eigenvalue weighted by atomic mass is 35.5. The van der Waals surface area contributed by atoms with Gasteiger partial charge < -0.3 is 14.8 Å². The van der Waals surface area contributed by atoms with Crippen LogP contribution >= 0.6 is 11.6 Å². The van der Waals surface area contributed by atoms with E-state index in [4.69, 9.17) is 21.1 Å². The van der Waals surface area contributed by atoms with Crippen molar-refractivity contribution in [3.05, 3.63) is 70.0 Å². The van der Waals surface area contributed by atoms with Gasteiger partial charge in [0, 0.05) is 11.1 Å². The van der Waals surface area contributed by atoms with E-state index in [-0.39, 0.29) is 5.91 Å². The standard InChI is InChI=1S/C21H22ClN3O3/c1-13-20(14(2)25(24-13)12-15-6-5-7-16(22)10-15)23-21(26)18-9-8-17(27-3)11-19(18)28-4/h5-11H,12H2,1-4H3,(H,23,26). The fourth-order valence-electron chi connectivity index (χ4n) is 3.01. The minimum absolute atomic E-state index is 0.270. The number of methoxy groups -OCH3 is 2. The first-order chi connectivity index (χ1) is 13.4. The Morgan fingerprint density at radius 1 is 1.14 bits per heavy atom. The van der Waals surface area contributed by atoms with Crippen molar-refractivity contribution in [1.29, 1.82) is 0 Å². The van der Waals surface area contributed by atoms with Crippen molar-refractivity contribution in [2.75, 3.05) is 19.5 Å². The third-order valence-electron chi connectivity index (χ3n) is 4.49. The number of anilines is 1. The highest BCUT2D eigenvalue weighted by Crippen LogP contribution is 2.27. The van der Waals surface area contributed by atoms with Gasteiger partial charge in [-0.15, -0.1) is 0 Å². The molecule has 1 amide bonds. The summed E-state index contributed by atoms with van der Waals surface area (Å²) in [6.45, 7) is 4.35. The molecule has 0 aliphatic heterocycles. The maximum atomic E-state index is 12.8. The van der Waals surface area contributed by atoms with Crippen molar-refractivity contribution in [1.82, 2.24) is 9.78 Å². The van der Waals surface area contributed by atoms with Crippen LogP contribution in [0.2, 0.25) is 5.02 Å². The van der Waals surface area contributed by atoms with Gasteiger partial charge in [-0.3, -0.25) is 9.48 Å². The van der Waals surface area contributed by atoms with Crippen LogP contribution in [0, 0.1) is 13.8 Å². The lowest BCUT2D eigenvalue weighted by molar-refractivity contribution is 0.102. The van der Waals surface area contributed by atoms with Crippen LogP contribution in [0.3, 0.4) is 0 Å². The summed E-state index contributed by atoms with van der Waals surface area (Å²) in [5.74, 6) is 0.793. The summed E-state index contributed by atoms with van der Waals surface area (Å²) in [7, 11) is 3.08. The maximum absolute atomic E-state index is 12.8. The molecule has 6 nitrogen and oxygen atoms in total. The number of halogens is 1. The zero-order chi connectivity index (χ0) is 20.3. The van der Waals surface area contributed by atoms with Crippen LogP contribution in [0.5, 0.6) is 11.5 Å². The first kappa shape index (κ1) is 19.8. The van der Waals surface area contributed by atoms with Crippen LogP contribution in [-0.2, 0) is 6.54 Å². The third kappa shape index (κ3) is 4.12. The highest BCUT2D eigenvalue weighted by Gasteiger charge is 2.18. The Morgan fingerprint density at radius 2 is 1.93 bits per heavy atom. The molecule has 1 heterocycles. The molecular weight excluding hydrogens is 378 g/mol. The summed E-state index contributed by atoms with van der Waals surface area (Å²) in [5.41, 5.74) is 3.74. The predicted octanol–water partition coefficient (Wildman–Crippen LogP) is 4.47. The number of benzene rings is 2. The number of aryl methyl sites for hydroxylation is 1. The Bertz CT molecular complexity index is 1010. The van der Waals surface area contributed by atoms with Gasteiger partial charge in [0.05, 0.1) is 43.4 Å². The molecule has 7 heteroatoms. The summed E-state index contributed by atoms with van der Waals surface area (Å²) in [6.07, 6.45) is 0. The summed E-state index contributed by atoms with van der Waals surface area (Å²) >= 11 is 6.07. The zero-order valence-electron chi connectivity index (χ0n) is 16.2. The first-order valence-corrected chi connectivity index (χ1v) is 9.12. The molecule has 0 radical (unpaired) electrons. The van der Waals surface area contributed by atoms with E-state index in [1.807, 2.05) is 42.8 Å². The summed E-state index contributed by atoms with van der Waals surface area (Å²) in [6, 6.07) is 12.7. The van der Waals surface area contributed by atoms with Gasteiger partial charge in [0.2, 0.25) is 0 Å². The number of nitrogens with one attached hydrogen (secondary N) is 1. The van der Waals surface area contributed by atoms with E-state index in [1.54, 1.807) is 25.3 Å².